The average Bonchev–Trinajstić information content (AvgIpc) is 3.05. The molecule has 0 saturated carbocycles. The van der Waals surface area contributed by atoms with E-state index in [2.05, 4.69) is 14.7 Å². The first kappa shape index (κ1) is 16.5. The van der Waals surface area contributed by atoms with Gasteiger partial charge in [0.25, 0.3) is 0 Å². The molecule has 1 aromatic heterocycles. The molecule has 0 atom stereocenters. The van der Waals surface area contributed by atoms with Crippen LogP contribution in [0.15, 0.2) is 48.5 Å². The first-order chi connectivity index (χ1) is 11.6. The molecule has 3 rings (SSSR count). The van der Waals surface area contributed by atoms with E-state index < -0.39 is 0 Å². The summed E-state index contributed by atoms with van der Waals surface area (Å²) in [5.74, 6) is 0.529. The minimum absolute atomic E-state index is 0.176. The fraction of sp³-hybridized carbons (Fsp3) is 0.222. The number of hydrogen-bond donors (Lipinski definition) is 1. The molecule has 0 aliphatic carbocycles. The highest BCUT2D eigenvalue weighted by molar-refractivity contribution is 7.09. The number of hydrogen-bond acceptors (Lipinski definition) is 5. The minimum Gasteiger partial charge on any atom is -0.356 e. The van der Waals surface area contributed by atoms with Gasteiger partial charge in [0.1, 0.15) is 5.82 Å². The second-order valence-electron chi connectivity index (χ2n) is 5.81. The molecule has 0 radical (unpaired) electrons. The van der Waals surface area contributed by atoms with E-state index in [9.17, 15) is 4.39 Å². The Hall–Kier alpha value is -2.31. The zero-order chi connectivity index (χ0) is 16.9. The van der Waals surface area contributed by atoms with Crippen LogP contribution < -0.4 is 5.32 Å². The van der Waals surface area contributed by atoms with Crippen molar-refractivity contribution in [3.63, 3.8) is 0 Å². The van der Waals surface area contributed by atoms with Crippen molar-refractivity contribution in [2.24, 2.45) is 0 Å². The van der Waals surface area contributed by atoms with Crippen LogP contribution in [-0.4, -0.2) is 28.4 Å². The molecule has 0 saturated heterocycles. The average molecular weight is 342 g/mol. The maximum Gasteiger partial charge on any atom is 0.203 e. The molecular weight excluding hydrogens is 323 g/mol. The Morgan fingerprint density at radius 2 is 1.92 bits per heavy atom. The molecule has 0 aliphatic rings. The summed E-state index contributed by atoms with van der Waals surface area (Å²) < 4.78 is 18.4. The van der Waals surface area contributed by atoms with Crippen LogP contribution in [-0.2, 0) is 13.1 Å². The van der Waals surface area contributed by atoms with E-state index in [0.29, 0.717) is 24.5 Å². The Morgan fingerprint density at radius 3 is 2.62 bits per heavy atom. The Bertz CT molecular complexity index is 802. The van der Waals surface area contributed by atoms with Crippen LogP contribution in [0, 0.1) is 5.82 Å². The predicted octanol–water partition coefficient (Wildman–Crippen LogP) is 4.02. The fourth-order valence-corrected chi connectivity index (χ4v) is 2.93. The molecule has 0 amide bonds. The Kier molecular flexibility index (Phi) is 5.17. The third-order valence-corrected chi connectivity index (χ3v) is 4.18. The maximum atomic E-state index is 14.1. The SMILES string of the molecule is CN(C)Cc1ccc(CNc2nc(-c3ccccc3)ns2)cc1F. The van der Waals surface area contributed by atoms with Gasteiger partial charge in [0.2, 0.25) is 5.13 Å². The monoisotopic (exact) mass is 342 g/mol. The maximum absolute atomic E-state index is 14.1. The second-order valence-corrected chi connectivity index (χ2v) is 6.56. The third-order valence-electron chi connectivity index (χ3n) is 3.51. The first-order valence-corrected chi connectivity index (χ1v) is 8.44. The van der Waals surface area contributed by atoms with Crippen LogP contribution >= 0.6 is 11.5 Å². The van der Waals surface area contributed by atoms with Crippen molar-refractivity contribution in [2.75, 3.05) is 19.4 Å². The van der Waals surface area contributed by atoms with Gasteiger partial charge in [-0.25, -0.2) is 4.39 Å². The topological polar surface area (TPSA) is 41.0 Å². The highest BCUT2D eigenvalue weighted by atomic mass is 32.1. The van der Waals surface area contributed by atoms with Crippen molar-refractivity contribution in [1.29, 1.82) is 0 Å². The number of nitrogens with zero attached hydrogens (tertiary/aromatic N) is 3. The van der Waals surface area contributed by atoms with Gasteiger partial charge in [0, 0.05) is 35.7 Å². The number of nitrogens with one attached hydrogen (secondary N) is 1. The second kappa shape index (κ2) is 7.51. The van der Waals surface area contributed by atoms with Crippen molar-refractivity contribution >= 4 is 16.7 Å². The predicted molar refractivity (Wildman–Crippen MR) is 96.5 cm³/mol. The van der Waals surface area contributed by atoms with Gasteiger partial charge in [-0.15, -0.1) is 0 Å². The summed E-state index contributed by atoms with van der Waals surface area (Å²) in [4.78, 5) is 6.42. The summed E-state index contributed by atoms with van der Waals surface area (Å²) in [6.45, 7) is 1.11. The van der Waals surface area contributed by atoms with Gasteiger partial charge >= 0.3 is 0 Å². The normalized spacial score (nSPS) is 11.0. The zero-order valence-corrected chi connectivity index (χ0v) is 14.5. The van der Waals surface area contributed by atoms with E-state index in [1.165, 1.54) is 11.5 Å². The smallest absolute Gasteiger partial charge is 0.203 e. The minimum atomic E-state index is -0.176. The molecule has 2 aromatic carbocycles. The Morgan fingerprint density at radius 1 is 1.12 bits per heavy atom. The highest BCUT2D eigenvalue weighted by Gasteiger charge is 2.08. The van der Waals surface area contributed by atoms with Gasteiger partial charge in [0.05, 0.1) is 0 Å². The van der Waals surface area contributed by atoms with E-state index in [1.54, 1.807) is 6.07 Å². The number of aromatic nitrogens is 2. The molecule has 124 valence electrons. The quantitative estimate of drug-likeness (QED) is 0.735. The lowest BCUT2D eigenvalue weighted by Gasteiger charge is -2.11. The molecule has 0 unspecified atom stereocenters. The van der Waals surface area contributed by atoms with E-state index in [-0.39, 0.29) is 5.82 Å². The Balaban J connectivity index is 1.64. The molecule has 3 aromatic rings. The number of anilines is 1. The molecule has 6 heteroatoms. The van der Waals surface area contributed by atoms with Crippen LogP contribution in [0.5, 0.6) is 0 Å². The number of benzene rings is 2. The molecule has 1 N–H and O–H groups in total. The molecule has 1 heterocycles. The lowest BCUT2D eigenvalue weighted by atomic mass is 10.1. The Labute approximate surface area is 145 Å². The number of halogens is 1. The van der Waals surface area contributed by atoms with E-state index >= 15 is 0 Å². The summed E-state index contributed by atoms with van der Waals surface area (Å²) >= 11 is 1.31. The van der Waals surface area contributed by atoms with Crippen LogP contribution in [0.1, 0.15) is 11.1 Å². The van der Waals surface area contributed by atoms with Crippen LogP contribution in [0.4, 0.5) is 9.52 Å². The lowest BCUT2D eigenvalue weighted by molar-refractivity contribution is 0.392. The van der Waals surface area contributed by atoms with Crippen LogP contribution in [0.25, 0.3) is 11.4 Å². The zero-order valence-electron chi connectivity index (χ0n) is 13.7. The molecular formula is C18H19FN4S. The van der Waals surface area contributed by atoms with E-state index in [1.807, 2.05) is 61.5 Å². The van der Waals surface area contributed by atoms with Gasteiger partial charge < -0.3 is 10.2 Å². The van der Waals surface area contributed by atoms with Gasteiger partial charge in [-0.2, -0.15) is 9.36 Å². The molecule has 0 spiro atoms. The molecule has 0 aliphatic heterocycles. The van der Waals surface area contributed by atoms with Gasteiger partial charge in [-0.05, 0) is 25.7 Å². The fourth-order valence-electron chi connectivity index (χ4n) is 2.35. The van der Waals surface area contributed by atoms with Gasteiger partial charge in [-0.1, -0.05) is 42.5 Å². The van der Waals surface area contributed by atoms with Gasteiger partial charge in [-0.3, -0.25) is 0 Å². The van der Waals surface area contributed by atoms with Crippen molar-refractivity contribution in [3.05, 3.63) is 65.5 Å². The summed E-state index contributed by atoms with van der Waals surface area (Å²) in [6, 6.07) is 15.2. The van der Waals surface area contributed by atoms with Crippen molar-refractivity contribution in [1.82, 2.24) is 14.3 Å². The molecule has 24 heavy (non-hydrogen) atoms. The largest absolute Gasteiger partial charge is 0.356 e. The molecule has 0 fully saturated rings. The summed E-state index contributed by atoms with van der Waals surface area (Å²) in [5, 5.41) is 3.93. The third kappa shape index (κ3) is 4.15. The van der Waals surface area contributed by atoms with Crippen LogP contribution in [0.2, 0.25) is 0 Å². The standard InChI is InChI=1S/C18H19FN4S/c1-23(2)12-15-9-8-13(10-16(15)19)11-20-18-21-17(22-24-18)14-6-4-3-5-7-14/h3-10H,11-12H2,1-2H3,(H,20,21,22). The van der Waals surface area contributed by atoms with Crippen LogP contribution in [0.3, 0.4) is 0 Å². The molecule has 4 nitrogen and oxygen atoms in total. The van der Waals surface area contributed by atoms with E-state index in [4.69, 9.17) is 0 Å². The molecule has 0 bridgehead atoms. The summed E-state index contributed by atoms with van der Waals surface area (Å²) in [5.41, 5.74) is 2.57. The summed E-state index contributed by atoms with van der Waals surface area (Å²) in [7, 11) is 3.85. The first-order valence-electron chi connectivity index (χ1n) is 7.67. The van der Waals surface area contributed by atoms with E-state index in [0.717, 1.165) is 16.3 Å². The van der Waals surface area contributed by atoms with Crippen molar-refractivity contribution in [2.45, 2.75) is 13.1 Å². The highest BCUT2D eigenvalue weighted by Crippen LogP contribution is 2.21. The summed E-state index contributed by atoms with van der Waals surface area (Å²) in [6.07, 6.45) is 0. The van der Waals surface area contributed by atoms with Crippen molar-refractivity contribution < 1.29 is 4.39 Å². The van der Waals surface area contributed by atoms with Gasteiger partial charge in [0.15, 0.2) is 5.82 Å². The lowest BCUT2D eigenvalue weighted by Crippen LogP contribution is -2.12. The number of rotatable bonds is 6. The van der Waals surface area contributed by atoms with Crippen molar-refractivity contribution in [3.8, 4) is 11.4 Å².